The number of carbonyl (C=O) groups excluding carboxylic acids is 2. The van der Waals surface area contributed by atoms with Gasteiger partial charge in [0, 0.05) is 34.8 Å². The molecule has 0 aliphatic rings. The zero-order valence-corrected chi connectivity index (χ0v) is 29.3. The van der Waals surface area contributed by atoms with Gasteiger partial charge in [0.1, 0.15) is 11.8 Å². The highest BCUT2D eigenvalue weighted by Gasteiger charge is 2.26. The van der Waals surface area contributed by atoms with Crippen LogP contribution in [0.3, 0.4) is 0 Å². The van der Waals surface area contributed by atoms with Gasteiger partial charge in [0.05, 0.1) is 17.5 Å². The van der Waals surface area contributed by atoms with Gasteiger partial charge in [-0.3, -0.25) is 9.59 Å². The number of aliphatic hydroxyl groups is 2. The van der Waals surface area contributed by atoms with Gasteiger partial charge in [0.25, 0.3) is 5.91 Å². The number of ether oxygens (including phenoxy) is 1. The van der Waals surface area contributed by atoms with E-state index in [1.807, 2.05) is 54.6 Å². The van der Waals surface area contributed by atoms with Crippen molar-refractivity contribution in [2.45, 2.75) is 96.9 Å². The Bertz CT molecular complexity index is 1600. The van der Waals surface area contributed by atoms with Crippen LogP contribution in [0.4, 0.5) is 0 Å². The molecule has 0 spiro atoms. The Kier molecular flexibility index (Phi) is 13.3. The van der Waals surface area contributed by atoms with Gasteiger partial charge in [-0.05, 0) is 54.2 Å². The van der Waals surface area contributed by atoms with Crippen molar-refractivity contribution in [1.29, 1.82) is 0 Å². The fourth-order valence-electron chi connectivity index (χ4n) is 4.99. The quantitative estimate of drug-likeness (QED) is 0.0771. The summed E-state index contributed by atoms with van der Waals surface area (Å²) in [5.74, 6) is 0.543. The topological polar surface area (TPSA) is 134 Å². The van der Waals surface area contributed by atoms with Gasteiger partial charge in [-0.25, -0.2) is 9.97 Å². The first-order valence-corrected chi connectivity index (χ1v) is 17.5. The van der Waals surface area contributed by atoms with Gasteiger partial charge >= 0.3 is 0 Å². The molecule has 2 aromatic heterocycles. The maximum Gasteiger partial charge on any atom is 0.262 e. The molecular formula is C38H48N4O5S. The molecule has 4 aromatic rings. The normalized spacial score (nSPS) is 12.8. The molecule has 9 nitrogen and oxygen atoms in total. The third-order valence-corrected chi connectivity index (χ3v) is 9.53. The lowest BCUT2D eigenvalue weighted by Gasteiger charge is -2.22. The Morgan fingerprint density at radius 2 is 1.48 bits per heavy atom. The van der Waals surface area contributed by atoms with Gasteiger partial charge in [0.2, 0.25) is 5.91 Å². The number of unbranched alkanes of at least 4 members (excludes halogenated alkanes) is 4. The summed E-state index contributed by atoms with van der Waals surface area (Å²) >= 11 is 1.39. The number of rotatable bonds is 16. The first-order valence-electron chi connectivity index (χ1n) is 16.7. The number of amides is 2. The number of aromatic nitrogens is 2. The fourth-order valence-corrected chi connectivity index (χ4v) is 5.96. The zero-order valence-electron chi connectivity index (χ0n) is 28.5. The molecule has 0 saturated carbocycles. The van der Waals surface area contributed by atoms with E-state index in [0.717, 1.165) is 45.9 Å². The largest absolute Gasteiger partial charge is 0.494 e. The summed E-state index contributed by atoms with van der Waals surface area (Å²) in [5.41, 5.74) is 3.40. The van der Waals surface area contributed by atoms with Crippen LogP contribution in [0.2, 0.25) is 0 Å². The van der Waals surface area contributed by atoms with Gasteiger partial charge < -0.3 is 25.6 Å². The lowest BCUT2D eigenvalue weighted by molar-refractivity contribution is -0.128. The van der Waals surface area contributed by atoms with Crippen molar-refractivity contribution in [2.24, 2.45) is 0 Å². The Balaban J connectivity index is 1.39. The summed E-state index contributed by atoms with van der Waals surface area (Å²) in [4.78, 5) is 37.1. The van der Waals surface area contributed by atoms with E-state index in [-0.39, 0.29) is 17.7 Å². The Morgan fingerprint density at radius 3 is 2.08 bits per heavy atom. The molecule has 0 aliphatic heterocycles. The van der Waals surface area contributed by atoms with Crippen LogP contribution >= 0.6 is 11.3 Å². The average Bonchev–Trinajstić information content (AvgIpc) is 3.59. The van der Waals surface area contributed by atoms with E-state index in [0.29, 0.717) is 10.7 Å². The Morgan fingerprint density at radius 1 is 0.833 bits per heavy atom. The Labute approximate surface area is 287 Å². The molecule has 2 heterocycles. The second-order valence-electron chi connectivity index (χ2n) is 13.1. The molecule has 256 valence electrons. The van der Waals surface area contributed by atoms with Crippen LogP contribution in [0.1, 0.15) is 86.8 Å². The number of hydrogen-bond donors (Lipinski definition) is 4. The van der Waals surface area contributed by atoms with E-state index in [9.17, 15) is 19.8 Å². The van der Waals surface area contributed by atoms with Crippen LogP contribution in [0.5, 0.6) is 5.75 Å². The van der Waals surface area contributed by atoms with Crippen molar-refractivity contribution in [1.82, 2.24) is 20.6 Å². The van der Waals surface area contributed by atoms with Gasteiger partial charge in [-0.2, -0.15) is 0 Å². The van der Waals surface area contributed by atoms with E-state index in [4.69, 9.17) is 4.74 Å². The number of benzene rings is 2. The summed E-state index contributed by atoms with van der Waals surface area (Å²) in [5, 5.41) is 24.4. The molecule has 0 aliphatic carbocycles. The summed E-state index contributed by atoms with van der Waals surface area (Å²) in [6, 6.07) is 17.3. The molecule has 10 heteroatoms. The van der Waals surface area contributed by atoms with Crippen LogP contribution in [-0.2, 0) is 16.6 Å². The highest BCUT2D eigenvalue weighted by molar-refractivity contribution is 7.14. The number of carbonyl (C=O) groups is 2. The first kappa shape index (κ1) is 36.7. The van der Waals surface area contributed by atoms with Crippen molar-refractivity contribution in [3.63, 3.8) is 0 Å². The van der Waals surface area contributed by atoms with Crippen molar-refractivity contribution >= 4 is 23.2 Å². The predicted octanol–water partition coefficient (Wildman–Crippen LogP) is 6.68. The van der Waals surface area contributed by atoms with Crippen LogP contribution < -0.4 is 15.4 Å². The maximum atomic E-state index is 13.2. The lowest BCUT2D eigenvalue weighted by Crippen LogP contribution is -2.52. The maximum absolute atomic E-state index is 13.2. The SMILES string of the molecule is CCCCCCCOc1ccc(-c2cnc(-c3ccc(C[C@@H](NC(=O)c4ccc(C(C)(C)C)s4)C(=O)N[C@@H](C)C(O)O)cc3)nc2)cc1. The van der Waals surface area contributed by atoms with Crippen LogP contribution in [0.15, 0.2) is 73.1 Å². The second-order valence-corrected chi connectivity index (χ2v) is 14.2. The molecule has 2 atom stereocenters. The van der Waals surface area contributed by atoms with Crippen molar-refractivity contribution in [3.8, 4) is 28.3 Å². The zero-order chi connectivity index (χ0) is 34.7. The minimum Gasteiger partial charge on any atom is -0.494 e. The third-order valence-electron chi connectivity index (χ3n) is 8.02. The molecule has 4 rings (SSSR count). The van der Waals surface area contributed by atoms with Crippen molar-refractivity contribution in [3.05, 3.63) is 88.4 Å². The number of aliphatic hydroxyl groups excluding tert-OH is 1. The summed E-state index contributed by atoms with van der Waals surface area (Å²) in [6.07, 6.45) is 8.07. The van der Waals surface area contributed by atoms with Gasteiger partial charge in [-0.1, -0.05) is 89.8 Å². The molecule has 0 radical (unpaired) electrons. The van der Waals surface area contributed by atoms with E-state index in [1.54, 1.807) is 18.5 Å². The molecule has 2 aromatic carbocycles. The van der Waals surface area contributed by atoms with Gasteiger partial charge in [0.15, 0.2) is 12.1 Å². The molecule has 48 heavy (non-hydrogen) atoms. The number of nitrogens with zero attached hydrogens (tertiary/aromatic N) is 2. The lowest BCUT2D eigenvalue weighted by atomic mass is 9.95. The van der Waals surface area contributed by atoms with E-state index in [1.165, 1.54) is 43.9 Å². The highest BCUT2D eigenvalue weighted by atomic mass is 32.1. The van der Waals surface area contributed by atoms with Crippen LogP contribution in [0.25, 0.3) is 22.5 Å². The second kappa shape index (κ2) is 17.3. The average molecular weight is 673 g/mol. The summed E-state index contributed by atoms with van der Waals surface area (Å²) in [7, 11) is 0. The standard InChI is InChI=1S/C38H48N4O5S/c1-6-7-8-9-10-21-47-30-17-15-27(16-18-30)29-23-39-34(40-24-29)28-13-11-26(12-14-28)22-31(35(43)41-25(2)37(45)46)42-36(44)32-19-20-33(48-32)38(3,4)5/h11-20,23-25,31,37,45-46H,6-10,21-22H2,1-5H3,(H,41,43)(H,42,44)/t25-,31+/m0/s1. The van der Waals surface area contributed by atoms with Crippen molar-refractivity contribution < 1.29 is 24.5 Å². The van der Waals surface area contributed by atoms with Crippen molar-refractivity contribution in [2.75, 3.05) is 6.61 Å². The number of hydrogen-bond acceptors (Lipinski definition) is 8. The predicted molar refractivity (Wildman–Crippen MR) is 191 cm³/mol. The fraction of sp³-hybridized carbons (Fsp3) is 0.421. The number of nitrogens with one attached hydrogen (secondary N) is 2. The van der Waals surface area contributed by atoms with E-state index in [2.05, 4.69) is 48.3 Å². The molecule has 0 unspecified atom stereocenters. The van der Waals surface area contributed by atoms with Crippen LogP contribution in [0, 0.1) is 0 Å². The van der Waals surface area contributed by atoms with E-state index >= 15 is 0 Å². The molecular weight excluding hydrogens is 625 g/mol. The number of thiophene rings is 1. The Hall–Kier alpha value is -4.12. The highest BCUT2D eigenvalue weighted by Crippen LogP contribution is 2.29. The smallest absolute Gasteiger partial charge is 0.262 e. The minimum atomic E-state index is -1.73. The minimum absolute atomic E-state index is 0.105. The monoisotopic (exact) mass is 672 g/mol. The molecule has 2 amide bonds. The molecule has 0 bridgehead atoms. The third kappa shape index (κ3) is 10.7. The molecule has 0 saturated heterocycles. The summed E-state index contributed by atoms with van der Waals surface area (Å²) in [6.45, 7) is 10.7. The molecule has 0 fully saturated rings. The van der Waals surface area contributed by atoms with E-state index < -0.39 is 24.3 Å². The molecule has 4 N–H and O–H groups in total. The summed E-state index contributed by atoms with van der Waals surface area (Å²) < 4.78 is 5.88. The van der Waals surface area contributed by atoms with Crippen LogP contribution in [-0.4, -0.2) is 57.0 Å². The first-order chi connectivity index (χ1) is 22.9. The van der Waals surface area contributed by atoms with Gasteiger partial charge in [-0.15, -0.1) is 11.3 Å².